The van der Waals surface area contributed by atoms with Crippen LogP contribution in [0.5, 0.6) is 0 Å². The summed E-state index contributed by atoms with van der Waals surface area (Å²) in [6.07, 6.45) is 9.69. The van der Waals surface area contributed by atoms with Crippen LogP contribution in [0, 0.1) is 5.92 Å². The summed E-state index contributed by atoms with van der Waals surface area (Å²) in [5.41, 5.74) is 2.35. The zero-order valence-electron chi connectivity index (χ0n) is 18.4. The normalized spacial score (nSPS) is 12.1. The Labute approximate surface area is 182 Å². The monoisotopic (exact) mass is 416 g/mol. The van der Waals surface area contributed by atoms with Crippen LogP contribution in [-0.4, -0.2) is 21.9 Å². The molecule has 4 heteroatoms. The van der Waals surface area contributed by atoms with Crippen LogP contribution in [0.25, 0.3) is 0 Å². The third kappa shape index (κ3) is 7.54. The van der Waals surface area contributed by atoms with Crippen LogP contribution in [0.15, 0.2) is 42.6 Å². The first kappa shape index (κ1) is 23.5. The lowest BCUT2D eigenvalue weighted by molar-refractivity contribution is -0.136. The number of carbonyl (C=O) groups excluding carboxylic acids is 1. The number of halogens is 1. The number of aromatic nitrogens is 1. The van der Waals surface area contributed by atoms with Gasteiger partial charge in [-0.15, -0.1) is 0 Å². The van der Waals surface area contributed by atoms with Crippen molar-refractivity contribution in [3.05, 3.63) is 58.9 Å². The molecule has 160 valence electrons. The Balaban J connectivity index is 2.14. The molecule has 1 aromatic carbocycles. The summed E-state index contributed by atoms with van der Waals surface area (Å²) >= 11 is 6.15. The van der Waals surface area contributed by atoms with Crippen LogP contribution in [0.1, 0.15) is 77.0 Å². The second kappa shape index (κ2) is 12.7. The molecule has 0 aliphatic carbocycles. The molecule has 3 nitrogen and oxygen atoms in total. The maximum atomic E-state index is 13.3. The van der Waals surface area contributed by atoms with Crippen molar-refractivity contribution < 1.29 is 4.79 Å². The predicted octanol–water partition coefficient (Wildman–Crippen LogP) is 6.93. The third-order valence-electron chi connectivity index (χ3n) is 5.61. The number of benzene rings is 1. The molecule has 0 bridgehead atoms. The van der Waals surface area contributed by atoms with Crippen molar-refractivity contribution in [3.8, 4) is 0 Å². The number of unbranched alkanes of at least 4 members (excludes halogenated alkanes) is 3. The minimum Gasteiger partial charge on any atom is -0.345 e. The predicted molar refractivity (Wildman–Crippen MR) is 123 cm³/mol. The Morgan fingerprint density at radius 2 is 1.86 bits per heavy atom. The van der Waals surface area contributed by atoms with E-state index in [1.54, 1.807) is 0 Å². The summed E-state index contributed by atoms with van der Waals surface area (Å²) in [6, 6.07) is 12.2. The Hall–Kier alpha value is -1.74. The summed E-state index contributed by atoms with van der Waals surface area (Å²) in [5, 5.41) is 0.759. The summed E-state index contributed by atoms with van der Waals surface area (Å²) in [6.45, 7) is 8.84. The maximum absolute atomic E-state index is 13.3. The van der Waals surface area contributed by atoms with E-state index < -0.39 is 0 Å². The SMILES string of the molecule is CCCCCN(Cc1cccn1Cc1cccc(Cl)c1)C(=O)C(CC)CCCC. The van der Waals surface area contributed by atoms with Crippen molar-refractivity contribution in [2.24, 2.45) is 5.92 Å². The van der Waals surface area contributed by atoms with E-state index in [0.29, 0.717) is 12.5 Å². The van der Waals surface area contributed by atoms with Gasteiger partial charge >= 0.3 is 0 Å². The molecule has 0 saturated carbocycles. The topological polar surface area (TPSA) is 25.2 Å². The van der Waals surface area contributed by atoms with Gasteiger partial charge in [-0.05, 0) is 49.1 Å². The smallest absolute Gasteiger partial charge is 0.226 e. The molecule has 0 aliphatic rings. The number of hydrogen-bond acceptors (Lipinski definition) is 1. The number of carbonyl (C=O) groups is 1. The van der Waals surface area contributed by atoms with Crippen LogP contribution in [-0.2, 0) is 17.9 Å². The maximum Gasteiger partial charge on any atom is 0.226 e. The van der Waals surface area contributed by atoms with Gasteiger partial charge in [0.05, 0.1) is 6.54 Å². The molecule has 1 amide bonds. The fourth-order valence-corrected chi connectivity index (χ4v) is 4.02. The molecule has 2 aromatic rings. The van der Waals surface area contributed by atoms with Gasteiger partial charge in [0.25, 0.3) is 0 Å². The van der Waals surface area contributed by atoms with Crippen molar-refractivity contribution in [3.63, 3.8) is 0 Å². The first-order valence-electron chi connectivity index (χ1n) is 11.3. The number of hydrogen-bond donors (Lipinski definition) is 0. The third-order valence-corrected chi connectivity index (χ3v) is 5.84. The molecular weight excluding hydrogens is 380 g/mol. The zero-order valence-corrected chi connectivity index (χ0v) is 19.1. The van der Waals surface area contributed by atoms with Crippen LogP contribution >= 0.6 is 11.6 Å². The van der Waals surface area contributed by atoms with E-state index in [-0.39, 0.29) is 5.92 Å². The van der Waals surface area contributed by atoms with E-state index >= 15 is 0 Å². The number of nitrogens with zero attached hydrogens (tertiary/aromatic N) is 2. The van der Waals surface area contributed by atoms with Crippen molar-refractivity contribution in [2.45, 2.75) is 78.8 Å². The minimum absolute atomic E-state index is 0.146. The van der Waals surface area contributed by atoms with E-state index in [2.05, 4.69) is 54.6 Å². The highest BCUT2D eigenvalue weighted by Gasteiger charge is 2.23. The van der Waals surface area contributed by atoms with E-state index in [1.807, 2.05) is 18.2 Å². The highest BCUT2D eigenvalue weighted by Crippen LogP contribution is 2.20. The molecular formula is C25H37ClN2O. The molecule has 0 spiro atoms. The molecule has 0 saturated heterocycles. The van der Waals surface area contributed by atoms with E-state index in [4.69, 9.17) is 11.6 Å². The summed E-state index contributed by atoms with van der Waals surface area (Å²) in [5.74, 6) is 0.473. The number of rotatable bonds is 13. The fourth-order valence-electron chi connectivity index (χ4n) is 3.81. The summed E-state index contributed by atoms with van der Waals surface area (Å²) in [4.78, 5) is 15.4. The van der Waals surface area contributed by atoms with Crippen LogP contribution in [0.2, 0.25) is 5.02 Å². The van der Waals surface area contributed by atoms with Gasteiger partial charge in [-0.1, -0.05) is 70.2 Å². The molecule has 0 fully saturated rings. The van der Waals surface area contributed by atoms with Gasteiger partial charge in [0.1, 0.15) is 0 Å². The Morgan fingerprint density at radius 1 is 1.07 bits per heavy atom. The largest absolute Gasteiger partial charge is 0.345 e. The van der Waals surface area contributed by atoms with Gasteiger partial charge in [0.2, 0.25) is 5.91 Å². The van der Waals surface area contributed by atoms with Crippen molar-refractivity contribution in [1.29, 1.82) is 0 Å². The van der Waals surface area contributed by atoms with Crippen molar-refractivity contribution >= 4 is 17.5 Å². The molecule has 2 rings (SSSR count). The molecule has 1 unspecified atom stereocenters. The Kier molecular flexibility index (Phi) is 10.3. The summed E-state index contributed by atoms with van der Waals surface area (Å²) < 4.78 is 2.23. The average molecular weight is 417 g/mol. The lowest BCUT2D eigenvalue weighted by Gasteiger charge is -2.28. The van der Waals surface area contributed by atoms with E-state index in [0.717, 1.165) is 50.2 Å². The van der Waals surface area contributed by atoms with Gasteiger partial charge in [0, 0.05) is 35.9 Å². The van der Waals surface area contributed by atoms with Gasteiger partial charge in [-0.3, -0.25) is 4.79 Å². The minimum atomic E-state index is 0.146. The molecule has 29 heavy (non-hydrogen) atoms. The highest BCUT2D eigenvalue weighted by atomic mass is 35.5. The van der Waals surface area contributed by atoms with Crippen LogP contribution in [0.4, 0.5) is 0 Å². The molecule has 0 N–H and O–H groups in total. The quantitative estimate of drug-likeness (QED) is 0.325. The van der Waals surface area contributed by atoms with Gasteiger partial charge in [-0.2, -0.15) is 0 Å². The lowest BCUT2D eigenvalue weighted by atomic mass is 9.97. The van der Waals surface area contributed by atoms with E-state index in [9.17, 15) is 4.79 Å². The number of amides is 1. The lowest BCUT2D eigenvalue weighted by Crippen LogP contribution is -2.37. The summed E-state index contributed by atoms with van der Waals surface area (Å²) in [7, 11) is 0. The van der Waals surface area contributed by atoms with Crippen LogP contribution in [0.3, 0.4) is 0 Å². The first-order valence-corrected chi connectivity index (χ1v) is 11.6. The molecule has 1 heterocycles. The fraction of sp³-hybridized carbons (Fsp3) is 0.560. The Morgan fingerprint density at radius 3 is 2.55 bits per heavy atom. The second-order valence-electron chi connectivity index (χ2n) is 7.97. The molecule has 0 aliphatic heterocycles. The molecule has 1 atom stereocenters. The van der Waals surface area contributed by atoms with Gasteiger partial charge < -0.3 is 9.47 Å². The highest BCUT2D eigenvalue weighted by molar-refractivity contribution is 6.30. The molecule has 0 radical (unpaired) electrons. The Bertz CT molecular complexity index is 740. The standard InChI is InChI=1S/C25H37ClN2O/c1-4-7-9-16-28(25(29)22(6-3)13-8-5-2)20-24-15-11-17-27(24)19-21-12-10-14-23(26)18-21/h10-12,14-15,17-18,22H,4-9,13,16,19-20H2,1-3H3. The average Bonchev–Trinajstić information content (AvgIpc) is 3.14. The van der Waals surface area contributed by atoms with Crippen LogP contribution < -0.4 is 0 Å². The first-order chi connectivity index (χ1) is 14.1. The van der Waals surface area contributed by atoms with Crippen molar-refractivity contribution in [1.82, 2.24) is 9.47 Å². The van der Waals surface area contributed by atoms with Gasteiger partial charge in [-0.25, -0.2) is 0 Å². The van der Waals surface area contributed by atoms with Gasteiger partial charge in [0.15, 0.2) is 0 Å². The zero-order chi connectivity index (χ0) is 21.1. The van der Waals surface area contributed by atoms with E-state index in [1.165, 1.54) is 24.1 Å². The molecule has 1 aromatic heterocycles. The van der Waals surface area contributed by atoms with Crippen molar-refractivity contribution in [2.75, 3.05) is 6.54 Å². The second-order valence-corrected chi connectivity index (χ2v) is 8.41.